The second-order valence-corrected chi connectivity index (χ2v) is 5.21. The molecule has 1 rings (SSSR count). The first-order valence-electron chi connectivity index (χ1n) is 6.74. The van der Waals surface area contributed by atoms with Crippen LogP contribution >= 0.6 is 0 Å². The molecule has 6 nitrogen and oxygen atoms in total. The van der Waals surface area contributed by atoms with Crippen LogP contribution in [-0.2, 0) is 16.0 Å². The first-order valence-corrected chi connectivity index (χ1v) is 6.74. The molecule has 0 amide bonds. The van der Waals surface area contributed by atoms with Crippen LogP contribution in [0.1, 0.15) is 25.8 Å². The predicted octanol–water partition coefficient (Wildman–Crippen LogP) is 1.09. The Labute approximate surface area is 124 Å². The fourth-order valence-corrected chi connectivity index (χ4v) is 1.56. The lowest BCUT2D eigenvalue weighted by Crippen LogP contribution is -2.32. The molecule has 0 saturated carbocycles. The van der Waals surface area contributed by atoms with Crippen LogP contribution in [0.4, 0.5) is 0 Å². The van der Waals surface area contributed by atoms with Gasteiger partial charge >= 0.3 is 11.9 Å². The van der Waals surface area contributed by atoms with Crippen LogP contribution < -0.4 is 11.5 Å². The summed E-state index contributed by atoms with van der Waals surface area (Å²) in [5.74, 6) is -1.52. The normalized spacial score (nSPS) is 13.0. The Hall–Kier alpha value is -1.92. The first kappa shape index (κ1) is 19.1. The number of aliphatic carboxylic acids is 2. The number of benzene rings is 1. The summed E-state index contributed by atoms with van der Waals surface area (Å²) >= 11 is 0. The number of nitrogens with two attached hydrogens (primary N) is 2. The Morgan fingerprint density at radius 2 is 1.48 bits per heavy atom. The van der Waals surface area contributed by atoms with Crippen molar-refractivity contribution in [3.05, 3.63) is 35.9 Å². The third-order valence-electron chi connectivity index (χ3n) is 2.66. The van der Waals surface area contributed by atoms with Crippen molar-refractivity contribution in [3.63, 3.8) is 0 Å². The molecule has 2 atom stereocenters. The van der Waals surface area contributed by atoms with Crippen molar-refractivity contribution in [2.45, 2.75) is 38.8 Å². The predicted molar refractivity (Wildman–Crippen MR) is 80.8 cm³/mol. The van der Waals surface area contributed by atoms with E-state index < -0.39 is 24.0 Å². The Kier molecular flexibility index (Phi) is 9.00. The van der Waals surface area contributed by atoms with Crippen LogP contribution in [0.15, 0.2) is 30.3 Å². The molecule has 0 bridgehead atoms. The maximum Gasteiger partial charge on any atom is 0.320 e. The van der Waals surface area contributed by atoms with Gasteiger partial charge in [0.1, 0.15) is 12.1 Å². The molecule has 0 aliphatic rings. The monoisotopic (exact) mass is 296 g/mol. The summed E-state index contributed by atoms with van der Waals surface area (Å²) in [4.78, 5) is 20.5. The molecule has 0 aliphatic heterocycles. The molecule has 118 valence electrons. The van der Waals surface area contributed by atoms with E-state index in [-0.39, 0.29) is 0 Å². The van der Waals surface area contributed by atoms with Crippen LogP contribution in [0.5, 0.6) is 0 Å². The van der Waals surface area contributed by atoms with Gasteiger partial charge in [0.15, 0.2) is 0 Å². The number of rotatable bonds is 6. The molecule has 0 unspecified atom stereocenters. The highest BCUT2D eigenvalue weighted by Crippen LogP contribution is 2.02. The van der Waals surface area contributed by atoms with E-state index in [0.717, 1.165) is 5.56 Å². The molecule has 0 fully saturated rings. The lowest BCUT2D eigenvalue weighted by molar-refractivity contribution is -0.139. The van der Waals surface area contributed by atoms with Crippen molar-refractivity contribution in [2.24, 2.45) is 17.4 Å². The fourth-order valence-electron chi connectivity index (χ4n) is 1.56. The van der Waals surface area contributed by atoms with Gasteiger partial charge in [0.05, 0.1) is 0 Å². The Morgan fingerprint density at radius 3 is 1.81 bits per heavy atom. The van der Waals surface area contributed by atoms with Crippen LogP contribution in [-0.4, -0.2) is 34.2 Å². The molecule has 21 heavy (non-hydrogen) atoms. The van der Waals surface area contributed by atoms with Gasteiger partial charge in [-0.2, -0.15) is 0 Å². The summed E-state index contributed by atoms with van der Waals surface area (Å²) in [6, 6.07) is 7.85. The third-order valence-corrected chi connectivity index (χ3v) is 2.66. The van der Waals surface area contributed by atoms with Crippen molar-refractivity contribution in [2.75, 3.05) is 0 Å². The second kappa shape index (κ2) is 9.90. The molecule has 0 heterocycles. The molecule has 1 aromatic rings. The van der Waals surface area contributed by atoms with Crippen LogP contribution in [0, 0.1) is 5.92 Å². The molecule has 0 aliphatic carbocycles. The van der Waals surface area contributed by atoms with Crippen LogP contribution in [0.3, 0.4) is 0 Å². The summed E-state index contributed by atoms with van der Waals surface area (Å²) in [7, 11) is 0. The summed E-state index contributed by atoms with van der Waals surface area (Å²) in [6.45, 7) is 3.89. The summed E-state index contributed by atoms with van der Waals surface area (Å²) < 4.78 is 0. The number of hydrogen-bond acceptors (Lipinski definition) is 4. The largest absolute Gasteiger partial charge is 0.480 e. The molecule has 0 spiro atoms. The molecule has 6 heteroatoms. The lowest BCUT2D eigenvalue weighted by atomic mass is 10.1. The Balaban J connectivity index is 0.000000400. The quantitative estimate of drug-likeness (QED) is 0.622. The van der Waals surface area contributed by atoms with Gasteiger partial charge in [-0.1, -0.05) is 44.2 Å². The minimum atomic E-state index is -0.959. The standard InChI is InChI=1S/C9H11NO2.C6H13NO2/c10-8(9(11)12)6-7-4-2-1-3-5-7;1-4(2)3-5(7)6(8)9/h1-5,8H,6,10H2,(H,11,12);4-5H,3,7H2,1-2H3,(H,8,9)/t8-;5-/m00/s1. The van der Waals surface area contributed by atoms with E-state index in [2.05, 4.69) is 0 Å². The van der Waals surface area contributed by atoms with Gasteiger partial charge < -0.3 is 21.7 Å². The molecular weight excluding hydrogens is 272 g/mol. The van der Waals surface area contributed by atoms with Crippen molar-refractivity contribution in [1.82, 2.24) is 0 Å². The zero-order valence-corrected chi connectivity index (χ0v) is 12.4. The summed E-state index contributed by atoms with van der Waals surface area (Å²) in [5.41, 5.74) is 11.5. The van der Waals surface area contributed by atoms with Gasteiger partial charge in [-0.15, -0.1) is 0 Å². The van der Waals surface area contributed by atoms with E-state index in [9.17, 15) is 9.59 Å². The number of carboxylic acid groups (broad SMARTS) is 2. The average molecular weight is 296 g/mol. The van der Waals surface area contributed by atoms with E-state index in [1.165, 1.54) is 0 Å². The van der Waals surface area contributed by atoms with Crippen LogP contribution in [0.25, 0.3) is 0 Å². The highest BCUT2D eigenvalue weighted by molar-refractivity contribution is 5.73. The van der Waals surface area contributed by atoms with Gasteiger partial charge in [0, 0.05) is 0 Å². The van der Waals surface area contributed by atoms with Gasteiger partial charge in [0.25, 0.3) is 0 Å². The smallest absolute Gasteiger partial charge is 0.320 e. The van der Waals surface area contributed by atoms with E-state index in [0.29, 0.717) is 18.8 Å². The lowest BCUT2D eigenvalue weighted by Gasteiger charge is -2.07. The molecule has 0 radical (unpaired) electrons. The van der Waals surface area contributed by atoms with Gasteiger partial charge in [-0.25, -0.2) is 0 Å². The van der Waals surface area contributed by atoms with Crippen molar-refractivity contribution < 1.29 is 19.8 Å². The molecule has 0 aromatic heterocycles. The number of carbonyl (C=O) groups is 2. The van der Waals surface area contributed by atoms with Gasteiger partial charge in [-0.05, 0) is 24.3 Å². The SMILES string of the molecule is CC(C)C[C@H](N)C(=O)O.N[C@@H](Cc1ccccc1)C(=O)O. The fraction of sp³-hybridized carbons (Fsp3) is 0.467. The average Bonchev–Trinajstić information content (AvgIpc) is 2.39. The van der Waals surface area contributed by atoms with Crippen molar-refractivity contribution in [3.8, 4) is 0 Å². The van der Waals surface area contributed by atoms with E-state index in [1.807, 2.05) is 44.2 Å². The van der Waals surface area contributed by atoms with E-state index in [4.69, 9.17) is 21.7 Å². The van der Waals surface area contributed by atoms with Crippen LogP contribution in [0.2, 0.25) is 0 Å². The molecule has 6 N–H and O–H groups in total. The number of hydrogen-bond donors (Lipinski definition) is 4. The van der Waals surface area contributed by atoms with Gasteiger partial charge in [-0.3, -0.25) is 9.59 Å². The zero-order valence-electron chi connectivity index (χ0n) is 12.4. The number of carboxylic acids is 2. The zero-order chi connectivity index (χ0) is 16.4. The maximum atomic E-state index is 10.4. The highest BCUT2D eigenvalue weighted by atomic mass is 16.4. The van der Waals surface area contributed by atoms with E-state index in [1.54, 1.807) is 0 Å². The molecule has 1 aromatic carbocycles. The van der Waals surface area contributed by atoms with E-state index >= 15 is 0 Å². The Bertz CT molecular complexity index is 435. The second-order valence-electron chi connectivity index (χ2n) is 5.21. The topological polar surface area (TPSA) is 127 Å². The molecule has 0 saturated heterocycles. The van der Waals surface area contributed by atoms with Crippen molar-refractivity contribution in [1.29, 1.82) is 0 Å². The maximum absolute atomic E-state index is 10.4. The summed E-state index contributed by atoms with van der Waals surface area (Å²) in [6.07, 6.45) is 0.936. The minimum absolute atomic E-state index is 0.357. The minimum Gasteiger partial charge on any atom is -0.480 e. The van der Waals surface area contributed by atoms with Gasteiger partial charge in [0.2, 0.25) is 0 Å². The van der Waals surface area contributed by atoms with Crippen molar-refractivity contribution >= 4 is 11.9 Å². The highest BCUT2D eigenvalue weighted by Gasteiger charge is 2.12. The summed E-state index contributed by atoms with van der Waals surface area (Å²) in [5, 5.41) is 16.8. The Morgan fingerprint density at radius 1 is 1.00 bits per heavy atom. The first-order chi connectivity index (χ1) is 9.73. The molecular formula is C15H24N2O4. The third kappa shape index (κ3) is 9.59.